The summed E-state index contributed by atoms with van der Waals surface area (Å²) in [5.41, 5.74) is 0. The van der Waals surface area contributed by atoms with Crippen molar-refractivity contribution in [3.8, 4) is 0 Å². The van der Waals surface area contributed by atoms with Crippen LogP contribution in [0.3, 0.4) is 0 Å². The predicted octanol–water partition coefficient (Wildman–Crippen LogP) is 3.40. The van der Waals surface area contributed by atoms with Gasteiger partial charge in [0.1, 0.15) is 17.6 Å². The number of nitrogens with one attached hydrogen (secondary N) is 1. The maximum atomic E-state index is 11.4. The van der Waals surface area contributed by atoms with Gasteiger partial charge in [0, 0.05) is 0 Å². The van der Waals surface area contributed by atoms with Gasteiger partial charge < -0.3 is 18.9 Å². The fraction of sp³-hybridized carbons (Fsp3) is 0.357. The van der Waals surface area contributed by atoms with Gasteiger partial charge in [-0.1, -0.05) is 6.92 Å². The van der Waals surface area contributed by atoms with E-state index in [1.165, 1.54) is 7.11 Å². The molecule has 1 unspecified atom stereocenters. The van der Waals surface area contributed by atoms with Crippen LogP contribution in [0.2, 0.25) is 5.22 Å². The third-order valence-electron chi connectivity index (χ3n) is 2.77. The second-order valence-corrected chi connectivity index (χ2v) is 4.60. The second-order valence-electron chi connectivity index (χ2n) is 4.22. The first-order valence-corrected chi connectivity index (χ1v) is 6.70. The summed E-state index contributed by atoms with van der Waals surface area (Å²) in [7, 11) is 1.31. The summed E-state index contributed by atoms with van der Waals surface area (Å²) in [6.45, 7) is 2.83. The third kappa shape index (κ3) is 3.23. The molecule has 1 atom stereocenters. The lowest BCUT2D eigenvalue weighted by Crippen LogP contribution is -2.22. The Kier molecular flexibility index (Phi) is 4.87. The summed E-state index contributed by atoms with van der Waals surface area (Å²) >= 11 is 5.80. The molecule has 0 radical (unpaired) electrons. The topological polar surface area (TPSA) is 64.6 Å². The van der Waals surface area contributed by atoms with Gasteiger partial charge in [-0.15, -0.1) is 0 Å². The summed E-state index contributed by atoms with van der Waals surface area (Å²) < 4.78 is 15.6. The van der Waals surface area contributed by atoms with Crippen LogP contribution in [-0.2, 0) is 4.74 Å². The summed E-state index contributed by atoms with van der Waals surface area (Å²) in [5.74, 6) is 0.852. The number of hydrogen-bond acceptors (Lipinski definition) is 5. The second kappa shape index (κ2) is 6.63. The van der Waals surface area contributed by atoms with Crippen LogP contribution in [0.25, 0.3) is 0 Å². The lowest BCUT2D eigenvalue weighted by Gasteiger charge is -2.13. The Hall–Kier alpha value is -1.72. The van der Waals surface area contributed by atoms with Crippen LogP contribution in [0.1, 0.15) is 41.5 Å². The van der Waals surface area contributed by atoms with E-state index in [9.17, 15) is 4.79 Å². The number of halogens is 1. The van der Waals surface area contributed by atoms with Crippen molar-refractivity contribution in [3.05, 3.63) is 46.8 Å². The molecular weight excluding hydrogens is 282 g/mol. The molecule has 5 nitrogen and oxygen atoms in total. The molecule has 0 saturated carbocycles. The molecule has 0 spiro atoms. The minimum absolute atomic E-state index is 0.156. The minimum atomic E-state index is -0.511. The Morgan fingerprint density at radius 1 is 1.30 bits per heavy atom. The number of furan rings is 2. The number of methoxy groups -OCH3 is 1. The van der Waals surface area contributed by atoms with Crippen molar-refractivity contribution in [2.45, 2.75) is 19.4 Å². The summed E-state index contributed by atoms with van der Waals surface area (Å²) in [6.07, 6.45) is 0.954. The highest BCUT2D eigenvalue weighted by molar-refractivity contribution is 6.28. The zero-order valence-corrected chi connectivity index (χ0v) is 12.1. The molecule has 20 heavy (non-hydrogen) atoms. The molecule has 2 rings (SSSR count). The number of rotatable bonds is 6. The number of hydrogen-bond donors (Lipinski definition) is 1. The fourth-order valence-electron chi connectivity index (χ4n) is 1.83. The van der Waals surface area contributed by atoms with Crippen LogP contribution in [-0.4, -0.2) is 19.6 Å². The van der Waals surface area contributed by atoms with Crippen molar-refractivity contribution in [3.63, 3.8) is 0 Å². The summed E-state index contributed by atoms with van der Waals surface area (Å²) in [5, 5.41) is 3.60. The Morgan fingerprint density at radius 2 is 2.00 bits per heavy atom. The summed E-state index contributed by atoms with van der Waals surface area (Å²) in [6, 6.07) is 6.45. The quantitative estimate of drug-likeness (QED) is 0.828. The van der Waals surface area contributed by atoms with Gasteiger partial charge in [0.25, 0.3) is 0 Å². The average molecular weight is 298 g/mol. The molecule has 0 fully saturated rings. The van der Waals surface area contributed by atoms with Gasteiger partial charge >= 0.3 is 5.97 Å². The summed E-state index contributed by atoms with van der Waals surface area (Å²) in [4.78, 5) is 11.4. The Bertz CT molecular complexity index is 575. The molecule has 0 saturated heterocycles. The molecule has 6 heteroatoms. The van der Waals surface area contributed by atoms with E-state index in [0.29, 0.717) is 16.7 Å². The van der Waals surface area contributed by atoms with E-state index in [1.54, 1.807) is 24.3 Å². The standard InChI is InChI=1S/C14H16ClNO4/c1-3-8-16-13(10-6-7-12(15)20-10)9-4-5-11(19-9)14(17)18-2/h4-7,13,16H,3,8H2,1-2H3. The molecular formula is C14H16ClNO4. The van der Waals surface area contributed by atoms with Gasteiger partial charge in [0.05, 0.1) is 7.11 Å². The van der Waals surface area contributed by atoms with Crippen LogP contribution in [0.5, 0.6) is 0 Å². The van der Waals surface area contributed by atoms with Gasteiger partial charge in [-0.2, -0.15) is 0 Å². The van der Waals surface area contributed by atoms with Crippen LogP contribution in [0.4, 0.5) is 0 Å². The van der Waals surface area contributed by atoms with E-state index in [0.717, 1.165) is 13.0 Å². The van der Waals surface area contributed by atoms with Gasteiger partial charge in [-0.25, -0.2) is 4.79 Å². The van der Waals surface area contributed by atoms with E-state index in [-0.39, 0.29) is 11.8 Å². The SMILES string of the molecule is CCCNC(c1ccc(Cl)o1)c1ccc(C(=O)OC)o1. The maximum Gasteiger partial charge on any atom is 0.373 e. The number of carbonyl (C=O) groups is 1. The molecule has 0 aliphatic carbocycles. The van der Waals surface area contributed by atoms with Crippen molar-refractivity contribution < 1.29 is 18.4 Å². The first kappa shape index (κ1) is 14.7. The van der Waals surface area contributed by atoms with E-state index < -0.39 is 5.97 Å². The molecule has 0 bridgehead atoms. The Balaban J connectivity index is 2.26. The number of esters is 1. The van der Waals surface area contributed by atoms with E-state index in [2.05, 4.69) is 17.0 Å². The van der Waals surface area contributed by atoms with Gasteiger partial charge in [-0.3, -0.25) is 0 Å². The van der Waals surface area contributed by atoms with Gasteiger partial charge in [0.15, 0.2) is 5.22 Å². The van der Waals surface area contributed by atoms with Crippen LogP contribution in [0, 0.1) is 0 Å². The highest BCUT2D eigenvalue weighted by Crippen LogP contribution is 2.27. The average Bonchev–Trinajstić information content (AvgIpc) is 3.08. The van der Waals surface area contributed by atoms with Crippen molar-refractivity contribution in [1.29, 1.82) is 0 Å². The van der Waals surface area contributed by atoms with Crippen LogP contribution >= 0.6 is 11.6 Å². The van der Waals surface area contributed by atoms with E-state index in [4.69, 9.17) is 20.4 Å². The highest BCUT2D eigenvalue weighted by Gasteiger charge is 2.22. The predicted molar refractivity (Wildman–Crippen MR) is 73.9 cm³/mol. The molecule has 0 amide bonds. The molecule has 2 heterocycles. The molecule has 0 aliphatic heterocycles. The zero-order chi connectivity index (χ0) is 14.5. The molecule has 0 aliphatic rings. The smallest absolute Gasteiger partial charge is 0.373 e. The fourth-order valence-corrected chi connectivity index (χ4v) is 1.98. The Morgan fingerprint density at radius 3 is 2.60 bits per heavy atom. The third-order valence-corrected chi connectivity index (χ3v) is 2.98. The normalized spacial score (nSPS) is 12.3. The first-order valence-electron chi connectivity index (χ1n) is 6.32. The molecule has 2 aromatic rings. The number of carbonyl (C=O) groups excluding carboxylic acids is 1. The minimum Gasteiger partial charge on any atom is -0.463 e. The van der Waals surface area contributed by atoms with Crippen molar-refractivity contribution in [2.24, 2.45) is 0 Å². The van der Waals surface area contributed by atoms with Gasteiger partial charge in [-0.05, 0) is 48.8 Å². The van der Waals surface area contributed by atoms with Gasteiger partial charge in [0.2, 0.25) is 5.76 Å². The first-order chi connectivity index (χ1) is 9.65. The van der Waals surface area contributed by atoms with Crippen molar-refractivity contribution >= 4 is 17.6 Å². The van der Waals surface area contributed by atoms with Crippen molar-refractivity contribution in [1.82, 2.24) is 5.32 Å². The zero-order valence-electron chi connectivity index (χ0n) is 11.3. The lowest BCUT2D eigenvalue weighted by molar-refractivity contribution is 0.0562. The van der Waals surface area contributed by atoms with Crippen LogP contribution in [0.15, 0.2) is 33.1 Å². The van der Waals surface area contributed by atoms with Crippen LogP contribution < -0.4 is 5.32 Å². The van der Waals surface area contributed by atoms with Crippen molar-refractivity contribution in [2.75, 3.05) is 13.7 Å². The highest BCUT2D eigenvalue weighted by atomic mass is 35.5. The lowest BCUT2D eigenvalue weighted by atomic mass is 10.1. The largest absolute Gasteiger partial charge is 0.463 e. The monoisotopic (exact) mass is 297 g/mol. The maximum absolute atomic E-state index is 11.4. The molecule has 1 N–H and O–H groups in total. The molecule has 108 valence electrons. The Labute approximate surface area is 121 Å². The van der Waals surface area contributed by atoms with E-state index in [1.807, 2.05) is 0 Å². The molecule has 2 aromatic heterocycles. The molecule has 0 aromatic carbocycles. The van der Waals surface area contributed by atoms with E-state index >= 15 is 0 Å². The number of ether oxygens (including phenoxy) is 1.